The van der Waals surface area contributed by atoms with Crippen LogP contribution in [0.3, 0.4) is 0 Å². The molecule has 2 aliphatic rings. The van der Waals surface area contributed by atoms with Crippen LogP contribution in [0.1, 0.15) is 22.3 Å². The second-order valence-electron chi connectivity index (χ2n) is 9.72. The third-order valence-corrected chi connectivity index (χ3v) is 7.99. The van der Waals surface area contributed by atoms with Gasteiger partial charge in [-0.15, -0.1) is 0 Å². The van der Waals surface area contributed by atoms with Crippen LogP contribution in [0.4, 0.5) is 0 Å². The van der Waals surface area contributed by atoms with Gasteiger partial charge in [-0.1, -0.05) is 36.4 Å². The molecule has 0 aliphatic heterocycles. The number of hydrogen-bond acceptors (Lipinski definition) is 3. The van der Waals surface area contributed by atoms with Gasteiger partial charge in [-0.2, -0.15) is 0 Å². The molecule has 0 saturated heterocycles. The highest BCUT2D eigenvalue weighted by atomic mass is 15.0. The van der Waals surface area contributed by atoms with Crippen LogP contribution < -0.4 is 0 Å². The first kappa shape index (κ1) is 17.8. The first-order chi connectivity index (χ1) is 17.3. The summed E-state index contributed by atoms with van der Waals surface area (Å²) in [7, 11) is 0. The summed E-state index contributed by atoms with van der Waals surface area (Å²) in [5.74, 6) is 0. The zero-order valence-electron chi connectivity index (χ0n) is 18.8. The second-order valence-corrected chi connectivity index (χ2v) is 9.72. The first-order valence-corrected chi connectivity index (χ1v) is 12.0. The number of pyridine rings is 3. The molecule has 4 aromatic heterocycles. The normalized spacial score (nSPS) is 13.5. The van der Waals surface area contributed by atoms with Gasteiger partial charge in [0.15, 0.2) is 0 Å². The van der Waals surface area contributed by atoms with E-state index >= 15 is 0 Å². The van der Waals surface area contributed by atoms with Crippen LogP contribution in [0.2, 0.25) is 0 Å². The maximum Gasteiger partial charge on any atom is 0.146 e. The predicted molar refractivity (Wildman–Crippen MR) is 140 cm³/mol. The third-order valence-electron chi connectivity index (χ3n) is 7.99. The van der Waals surface area contributed by atoms with Crippen molar-refractivity contribution in [2.45, 2.75) is 12.8 Å². The molecule has 7 aromatic rings. The van der Waals surface area contributed by atoms with E-state index in [1.54, 1.807) is 0 Å². The van der Waals surface area contributed by atoms with Crippen LogP contribution in [0, 0.1) is 0 Å². The summed E-state index contributed by atoms with van der Waals surface area (Å²) < 4.78 is 2.33. The van der Waals surface area contributed by atoms with E-state index in [4.69, 9.17) is 4.98 Å². The van der Waals surface area contributed by atoms with Gasteiger partial charge >= 0.3 is 0 Å². The lowest BCUT2D eigenvalue weighted by atomic mass is 9.98. The largest absolute Gasteiger partial charge is 0.290 e. The van der Waals surface area contributed by atoms with Gasteiger partial charge in [0, 0.05) is 41.2 Å². The van der Waals surface area contributed by atoms with Crippen molar-refractivity contribution in [2.75, 3.05) is 0 Å². The van der Waals surface area contributed by atoms with Crippen LogP contribution in [-0.4, -0.2) is 19.4 Å². The van der Waals surface area contributed by atoms with Gasteiger partial charge in [-0.3, -0.25) is 14.4 Å². The fourth-order valence-electron chi connectivity index (χ4n) is 6.50. The lowest BCUT2D eigenvalue weighted by molar-refractivity contribution is 1.20. The maximum absolute atomic E-state index is 5.13. The molecular formula is C31H18N4. The topological polar surface area (TPSA) is 43.1 Å². The molecule has 0 bridgehead atoms. The summed E-state index contributed by atoms with van der Waals surface area (Å²) in [5.41, 5.74) is 15.4. The van der Waals surface area contributed by atoms with Crippen LogP contribution in [-0.2, 0) is 12.8 Å². The van der Waals surface area contributed by atoms with Crippen LogP contribution in [0.15, 0.2) is 85.5 Å². The molecule has 0 atom stereocenters. The van der Waals surface area contributed by atoms with E-state index in [-0.39, 0.29) is 0 Å². The van der Waals surface area contributed by atoms with Gasteiger partial charge in [0.1, 0.15) is 5.65 Å². The van der Waals surface area contributed by atoms with Gasteiger partial charge in [-0.05, 0) is 75.2 Å². The van der Waals surface area contributed by atoms with E-state index in [1.807, 2.05) is 24.8 Å². The molecule has 9 rings (SSSR count). The minimum absolute atomic E-state index is 0.926. The van der Waals surface area contributed by atoms with Crippen molar-refractivity contribution in [3.05, 3.63) is 108 Å². The predicted octanol–water partition coefficient (Wildman–Crippen LogP) is 6.73. The lowest BCUT2D eigenvalue weighted by Crippen LogP contribution is -1.95. The van der Waals surface area contributed by atoms with Crippen molar-refractivity contribution < 1.29 is 0 Å². The van der Waals surface area contributed by atoms with Crippen LogP contribution in [0.5, 0.6) is 0 Å². The summed E-state index contributed by atoms with van der Waals surface area (Å²) >= 11 is 0. The van der Waals surface area contributed by atoms with Gasteiger partial charge in [-0.25, -0.2) is 4.98 Å². The maximum atomic E-state index is 5.13. The third kappa shape index (κ3) is 2.15. The molecule has 0 radical (unpaired) electrons. The Kier molecular flexibility index (Phi) is 3.11. The first-order valence-electron chi connectivity index (χ1n) is 12.0. The van der Waals surface area contributed by atoms with Gasteiger partial charge in [0.2, 0.25) is 0 Å². The fourth-order valence-corrected chi connectivity index (χ4v) is 6.50. The SMILES string of the molecule is c1ccc2c(c1)Cc1cc3c(cc1-2)-c1ccc2nc4c5ccncc5c5ccncc5n4c2c1C3. The highest BCUT2D eigenvalue weighted by Gasteiger charge is 2.28. The van der Waals surface area contributed by atoms with Gasteiger partial charge in [0.05, 0.1) is 22.7 Å². The highest BCUT2D eigenvalue weighted by Crippen LogP contribution is 2.47. The number of hydrogen-bond donors (Lipinski definition) is 0. The molecule has 0 spiro atoms. The Morgan fingerprint density at radius 1 is 0.629 bits per heavy atom. The molecule has 4 nitrogen and oxygen atoms in total. The molecule has 0 N–H and O–H groups in total. The highest BCUT2D eigenvalue weighted by molar-refractivity contribution is 6.14. The Morgan fingerprint density at radius 2 is 1.46 bits per heavy atom. The van der Waals surface area contributed by atoms with Crippen LogP contribution in [0.25, 0.3) is 60.6 Å². The minimum atomic E-state index is 0.926. The Hall–Kier alpha value is -4.57. The molecule has 162 valence electrons. The zero-order valence-corrected chi connectivity index (χ0v) is 18.8. The van der Waals surface area contributed by atoms with E-state index in [1.165, 1.54) is 50.0 Å². The second kappa shape index (κ2) is 6.10. The smallest absolute Gasteiger partial charge is 0.146 e. The quantitative estimate of drug-likeness (QED) is 0.243. The monoisotopic (exact) mass is 446 g/mol. The Labute approximate surface area is 200 Å². The van der Waals surface area contributed by atoms with E-state index in [9.17, 15) is 0 Å². The average molecular weight is 447 g/mol. The standard InChI is InChI=1S/C31H18N4/c1-2-4-20-17(3-1)11-18-12-19-13-26-21(25(19)14-24(18)20)5-6-28-30(26)35-29-16-33-9-7-22(29)27-15-32-10-8-23(27)31(35)34-28/h1-10,12,14-16H,11,13H2. The van der Waals surface area contributed by atoms with Gasteiger partial charge < -0.3 is 0 Å². The lowest BCUT2D eigenvalue weighted by Gasteiger charge is -2.09. The average Bonchev–Trinajstić information content (AvgIpc) is 3.58. The number of nitrogens with zero attached hydrogens (tertiary/aromatic N) is 4. The zero-order chi connectivity index (χ0) is 22.7. The molecule has 0 unspecified atom stereocenters. The molecular weight excluding hydrogens is 428 g/mol. The summed E-state index contributed by atoms with van der Waals surface area (Å²) in [5, 5.41) is 3.39. The van der Waals surface area contributed by atoms with Crippen molar-refractivity contribution >= 4 is 38.4 Å². The van der Waals surface area contributed by atoms with E-state index in [0.29, 0.717) is 0 Å². The van der Waals surface area contributed by atoms with Gasteiger partial charge in [0.25, 0.3) is 0 Å². The number of benzene rings is 3. The van der Waals surface area contributed by atoms with E-state index in [2.05, 4.69) is 75.0 Å². The summed E-state index contributed by atoms with van der Waals surface area (Å²) in [4.78, 5) is 14.0. The van der Waals surface area contributed by atoms with Crippen molar-refractivity contribution in [2.24, 2.45) is 0 Å². The number of rotatable bonds is 0. The van der Waals surface area contributed by atoms with Crippen molar-refractivity contribution in [1.29, 1.82) is 0 Å². The Morgan fingerprint density at radius 3 is 2.43 bits per heavy atom. The molecule has 35 heavy (non-hydrogen) atoms. The van der Waals surface area contributed by atoms with Crippen molar-refractivity contribution in [3.8, 4) is 22.3 Å². The number of fused-ring (bicyclic) bond motifs is 15. The number of imidazole rings is 1. The van der Waals surface area contributed by atoms with E-state index < -0.39 is 0 Å². The molecule has 2 aliphatic carbocycles. The number of aromatic nitrogens is 4. The van der Waals surface area contributed by atoms with E-state index in [0.717, 1.165) is 45.7 Å². The molecule has 4 heteroatoms. The Bertz CT molecular complexity index is 2070. The fraction of sp³-hybridized carbons (Fsp3) is 0.0645. The molecule has 4 heterocycles. The Balaban J connectivity index is 1.40. The summed E-state index contributed by atoms with van der Waals surface area (Å²) in [6.45, 7) is 0. The summed E-state index contributed by atoms with van der Waals surface area (Å²) in [6.07, 6.45) is 9.57. The molecule has 3 aromatic carbocycles. The minimum Gasteiger partial charge on any atom is -0.290 e. The van der Waals surface area contributed by atoms with Crippen LogP contribution >= 0.6 is 0 Å². The molecule has 0 saturated carbocycles. The van der Waals surface area contributed by atoms with Crippen molar-refractivity contribution in [1.82, 2.24) is 19.4 Å². The summed E-state index contributed by atoms with van der Waals surface area (Å²) in [6, 6.07) is 22.3. The molecule has 0 fully saturated rings. The molecule has 0 amide bonds. The van der Waals surface area contributed by atoms with Crippen molar-refractivity contribution in [3.63, 3.8) is 0 Å².